The molecule has 0 amide bonds. The van der Waals surface area contributed by atoms with Crippen molar-refractivity contribution in [1.29, 1.82) is 0 Å². The van der Waals surface area contributed by atoms with Crippen LogP contribution in [0.25, 0.3) is 0 Å². The normalized spacial score (nSPS) is 11.3. The molecule has 3 N–H and O–H groups in total. The number of pyridine rings is 2. The number of hydrogen-bond acceptors (Lipinski definition) is 5. The molecule has 2 aromatic heterocycles. The fourth-order valence-electron chi connectivity index (χ4n) is 1.76. The van der Waals surface area contributed by atoms with E-state index in [-0.39, 0.29) is 5.84 Å². The summed E-state index contributed by atoms with van der Waals surface area (Å²) in [6.45, 7) is 0.587. The number of hydrogen-bond donors (Lipinski definition) is 2. The van der Waals surface area contributed by atoms with E-state index in [0.717, 1.165) is 5.69 Å². The van der Waals surface area contributed by atoms with E-state index in [1.807, 2.05) is 30.1 Å². The molecule has 0 bridgehead atoms. The van der Waals surface area contributed by atoms with Gasteiger partial charge in [0.1, 0.15) is 5.82 Å². The van der Waals surface area contributed by atoms with Crippen LogP contribution in [0, 0.1) is 0 Å². The van der Waals surface area contributed by atoms with Gasteiger partial charge in [-0.1, -0.05) is 11.2 Å². The van der Waals surface area contributed by atoms with Gasteiger partial charge in [-0.05, 0) is 24.3 Å². The average molecular weight is 257 g/mol. The summed E-state index contributed by atoms with van der Waals surface area (Å²) in [5, 5.41) is 11.8. The largest absolute Gasteiger partial charge is 0.409 e. The number of anilines is 1. The van der Waals surface area contributed by atoms with Gasteiger partial charge in [0.2, 0.25) is 0 Å². The van der Waals surface area contributed by atoms with Crippen molar-refractivity contribution in [3.05, 3.63) is 54.0 Å². The predicted octanol–water partition coefficient (Wildman–Crippen LogP) is 1.21. The maximum absolute atomic E-state index is 8.79. The second-order valence-corrected chi connectivity index (χ2v) is 4.04. The van der Waals surface area contributed by atoms with Crippen molar-refractivity contribution in [3.63, 3.8) is 0 Å². The summed E-state index contributed by atoms with van der Waals surface area (Å²) >= 11 is 0. The van der Waals surface area contributed by atoms with E-state index in [0.29, 0.717) is 17.9 Å². The third kappa shape index (κ3) is 2.98. The Balaban J connectivity index is 2.27. The molecule has 0 atom stereocenters. The highest BCUT2D eigenvalue weighted by molar-refractivity contribution is 6.01. The molecule has 0 aliphatic rings. The fourth-order valence-corrected chi connectivity index (χ4v) is 1.76. The Bertz CT molecular complexity index is 570. The topological polar surface area (TPSA) is 87.6 Å². The van der Waals surface area contributed by atoms with E-state index in [1.165, 1.54) is 0 Å². The average Bonchev–Trinajstić information content (AvgIpc) is 2.47. The summed E-state index contributed by atoms with van der Waals surface area (Å²) in [4.78, 5) is 10.4. The Morgan fingerprint density at radius 2 is 2.05 bits per heavy atom. The van der Waals surface area contributed by atoms with Crippen molar-refractivity contribution in [1.82, 2.24) is 9.97 Å². The maximum atomic E-state index is 8.79. The predicted molar refractivity (Wildman–Crippen MR) is 73.1 cm³/mol. The fraction of sp³-hybridized carbons (Fsp3) is 0.154. The third-order valence-electron chi connectivity index (χ3n) is 2.66. The van der Waals surface area contributed by atoms with Crippen LogP contribution in [0.1, 0.15) is 11.3 Å². The maximum Gasteiger partial charge on any atom is 0.173 e. The minimum Gasteiger partial charge on any atom is -0.409 e. The molecule has 0 saturated carbocycles. The summed E-state index contributed by atoms with van der Waals surface area (Å²) in [5.41, 5.74) is 7.15. The van der Waals surface area contributed by atoms with Crippen LogP contribution < -0.4 is 10.6 Å². The highest BCUT2D eigenvalue weighted by Gasteiger charge is 2.12. The van der Waals surface area contributed by atoms with Gasteiger partial charge in [0.25, 0.3) is 0 Å². The lowest BCUT2D eigenvalue weighted by molar-refractivity contribution is 0.318. The molecule has 0 aliphatic heterocycles. The summed E-state index contributed by atoms with van der Waals surface area (Å²) in [5.74, 6) is 0.680. The Morgan fingerprint density at radius 1 is 1.26 bits per heavy atom. The first-order chi connectivity index (χ1) is 9.22. The number of aromatic nitrogens is 2. The molecule has 0 fully saturated rings. The summed E-state index contributed by atoms with van der Waals surface area (Å²) < 4.78 is 0. The standard InChI is InChI=1S/C13H15N5O/c1-18(9-10-5-2-3-7-15-10)13-11(12(14)17-19)6-4-8-16-13/h2-8,19H,9H2,1H3,(H2,14,17). The van der Waals surface area contributed by atoms with E-state index in [9.17, 15) is 0 Å². The second kappa shape index (κ2) is 5.81. The molecule has 98 valence electrons. The van der Waals surface area contributed by atoms with Gasteiger partial charge >= 0.3 is 0 Å². The van der Waals surface area contributed by atoms with Gasteiger partial charge in [-0.25, -0.2) is 4.98 Å². The molecule has 6 nitrogen and oxygen atoms in total. The SMILES string of the molecule is CN(Cc1ccccn1)c1ncccc1/C(N)=N/O. The number of oxime groups is 1. The van der Waals surface area contributed by atoms with Crippen LogP contribution in [0.5, 0.6) is 0 Å². The smallest absolute Gasteiger partial charge is 0.173 e. The molecule has 19 heavy (non-hydrogen) atoms. The second-order valence-electron chi connectivity index (χ2n) is 4.04. The van der Waals surface area contributed by atoms with Crippen molar-refractivity contribution < 1.29 is 5.21 Å². The van der Waals surface area contributed by atoms with Crippen molar-refractivity contribution in [2.75, 3.05) is 11.9 Å². The quantitative estimate of drug-likeness (QED) is 0.372. The molecular formula is C13H15N5O. The van der Waals surface area contributed by atoms with Crippen LogP contribution in [-0.4, -0.2) is 28.1 Å². The zero-order valence-electron chi connectivity index (χ0n) is 10.6. The number of nitrogens with zero attached hydrogens (tertiary/aromatic N) is 4. The minimum atomic E-state index is 0.0379. The molecule has 0 radical (unpaired) electrons. The molecule has 0 spiro atoms. The molecule has 2 heterocycles. The number of nitrogens with two attached hydrogens (primary N) is 1. The lowest BCUT2D eigenvalue weighted by atomic mass is 10.2. The summed E-state index contributed by atoms with van der Waals surface area (Å²) in [6.07, 6.45) is 3.41. The first kappa shape index (κ1) is 12.8. The third-order valence-corrected chi connectivity index (χ3v) is 2.66. The molecule has 6 heteroatoms. The number of amidine groups is 1. The zero-order valence-corrected chi connectivity index (χ0v) is 10.6. The first-order valence-corrected chi connectivity index (χ1v) is 5.76. The van der Waals surface area contributed by atoms with E-state index in [4.69, 9.17) is 10.9 Å². The molecule has 0 aliphatic carbocycles. The van der Waals surface area contributed by atoms with Crippen molar-refractivity contribution >= 4 is 11.7 Å². The summed E-state index contributed by atoms with van der Waals surface area (Å²) in [7, 11) is 1.88. The van der Waals surface area contributed by atoms with Gasteiger partial charge in [0, 0.05) is 19.4 Å². The van der Waals surface area contributed by atoms with Crippen molar-refractivity contribution in [3.8, 4) is 0 Å². The molecule has 0 saturated heterocycles. The monoisotopic (exact) mass is 257 g/mol. The molecule has 0 unspecified atom stereocenters. The van der Waals surface area contributed by atoms with Gasteiger partial charge < -0.3 is 15.8 Å². The lowest BCUT2D eigenvalue weighted by Crippen LogP contribution is -2.24. The zero-order chi connectivity index (χ0) is 13.7. The van der Waals surface area contributed by atoms with E-state index in [1.54, 1.807) is 24.5 Å². The van der Waals surface area contributed by atoms with Crippen LogP contribution >= 0.6 is 0 Å². The van der Waals surface area contributed by atoms with Gasteiger partial charge in [-0.2, -0.15) is 0 Å². The molecule has 0 aromatic carbocycles. The van der Waals surface area contributed by atoms with E-state index in [2.05, 4.69) is 15.1 Å². The Labute approximate surface area is 111 Å². The van der Waals surface area contributed by atoms with Crippen molar-refractivity contribution in [2.45, 2.75) is 6.54 Å². The van der Waals surface area contributed by atoms with Crippen LogP contribution in [0.2, 0.25) is 0 Å². The van der Waals surface area contributed by atoms with Crippen LogP contribution in [0.4, 0.5) is 5.82 Å². The molecule has 2 aromatic rings. The minimum absolute atomic E-state index is 0.0379. The Kier molecular flexibility index (Phi) is 3.92. The van der Waals surface area contributed by atoms with Crippen LogP contribution in [-0.2, 0) is 6.54 Å². The van der Waals surface area contributed by atoms with E-state index >= 15 is 0 Å². The molecular weight excluding hydrogens is 242 g/mol. The highest BCUT2D eigenvalue weighted by atomic mass is 16.4. The van der Waals surface area contributed by atoms with Gasteiger partial charge in [-0.15, -0.1) is 0 Å². The van der Waals surface area contributed by atoms with E-state index < -0.39 is 0 Å². The summed E-state index contributed by atoms with van der Waals surface area (Å²) in [6, 6.07) is 9.23. The Hall–Kier alpha value is -2.63. The lowest BCUT2D eigenvalue weighted by Gasteiger charge is -2.20. The van der Waals surface area contributed by atoms with Gasteiger partial charge in [0.15, 0.2) is 5.84 Å². The van der Waals surface area contributed by atoms with Crippen LogP contribution in [0.15, 0.2) is 47.9 Å². The first-order valence-electron chi connectivity index (χ1n) is 5.76. The molecule has 2 rings (SSSR count). The van der Waals surface area contributed by atoms with Crippen LogP contribution in [0.3, 0.4) is 0 Å². The van der Waals surface area contributed by atoms with Gasteiger partial charge in [0.05, 0.1) is 17.8 Å². The number of rotatable bonds is 4. The van der Waals surface area contributed by atoms with Crippen molar-refractivity contribution in [2.24, 2.45) is 10.9 Å². The Morgan fingerprint density at radius 3 is 2.74 bits per heavy atom. The highest BCUT2D eigenvalue weighted by Crippen LogP contribution is 2.17. The van der Waals surface area contributed by atoms with Gasteiger partial charge in [-0.3, -0.25) is 4.98 Å².